The SMILES string of the molecule is C=CC(O)C(C(=O)O)c1ccccc1. The molecule has 0 fully saturated rings. The normalized spacial score (nSPS) is 14.4. The van der Waals surface area contributed by atoms with E-state index in [0.717, 1.165) is 0 Å². The number of benzene rings is 1. The average Bonchev–Trinajstić information content (AvgIpc) is 2.19. The highest BCUT2D eigenvalue weighted by Gasteiger charge is 2.25. The van der Waals surface area contributed by atoms with Crippen LogP contribution in [0.3, 0.4) is 0 Å². The lowest BCUT2D eigenvalue weighted by molar-refractivity contribution is -0.140. The maximum Gasteiger partial charge on any atom is 0.313 e. The Morgan fingerprint density at radius 2 is 1.93 bits per heavy atom. The van der Waals surface area contributed by atoms with E-state index >= 15 is 0 Å². The highest BCUT2D eigenvalue weighted by atomic mass is 16.4. The molecule has 2 unspecified atom stereocenters. The van der Waals surface area contributed by atoms with Crippen molar-refractivity contribution >= 4 is 5.97 Å². The van der Waals surface area contributed by atoms with Gasteiger partial charge in [0.2, 0.25) is 0 Å². The number of carboxylic acids is 1. The maximum absolute atomic E-state index is 10.9. The van der Waals surface area contributed by atoms with Gasteiger partial charge in [0.05, 0.1) is 6.10 Å². The fraction of sp³-hybridized carbons (Fsp3) is 0.182. The van der Waals surface area contributed by atoms with Gasteiger partial charge in [0.1, 0.15) is 5.92 Å². The van der Waals surface area contributed by atoms with Crippen LogP contribution in [0.4, 0.5) is 0 Å². The van der Waals surface area contributed by atoms with Crippen LogP contribution in [-0.2, 0) is 4.79 Å². The van der Waals surface area contributed by atoms with Crippen molar-refractivity contribution in [3.8, 4) is 0 Å². The lowest BCUT2D eigenvalue weighted by Gasteiger charge is -2.15. The summed E-state index contributed by atoms with van der Waals surface area (Å²) in [6.45, 7) is 3.38. The third-order valence-electron chi connectivity index (χ3n) is 2.01. The molecule has 0 aliphatic heterocycles. The smallest absolute Gasteiger partial charge is 0.313 e. The topological polar surface area (TPSA) is 57.5 Å². The van der Waals surface area contributed by atoms with Crippen LogP contribution in [0.25, 0.3) is 0 Å². The predicted octanol–water partition coefficient (Wildman–Crippen LogP) is 1.40. The van der Waals surface area contributed by atoms with Crippen molar-refractivity contribution in [2.75, 3.05) is 0 Å². The van der Waals surface area contributed by atoms with Crippen LogP contribution in [0.5, 0.6) is 0 Å². The molecular weight excluding hydrogens is 180 g/mol. The summed E-state index contributed by atoms with van der Waals surface area (Å²) in [5.74, 6) is -1.99. The van der Waals surface area contributed by atoms with Crippen LogP contribution in [-0.4, -0.2) is 22.3 Å². The number of carboxylic acid groups (broad SMARTS) is 1. The van der Waals surface area contributed by atoms with Crippen molar-refractivity contribution in [2.24, 2.45) is 0 Å². The van der Waals surface area contributed by atoms with Crippen molar-refractivity contribution in [3.63, 3.8) is 0 Å². The van der Waals surface area contributed by atoms with Gasteiger partial charge < -0.3 is 10.2 Å². The summed E-state index contributed by atoms with van der Waals surface area (Å²) >= 11 is 0. The summed E-state index contributed by atoms with van der Waals surface area (Å²) in [7, 11) is 0. The standard InChI is InChI=1S/C11H12O3/c1-2-9(12)10(11(13)14)8-6-4-3-5-7-8/h2-7,9-10,12H,1H2,(H,13,14). The molecule has 1 aromatic carbocycles. The summed E-state index contributed by atoms with van der Waals surface area (Å²) in [6.07, 6.45) is 0.168. The first-order valence-electron chi connectivity index (χ1n) is 4.25. The van der Waals surface area contributed by atoms with Crippen molar-refractivity contribution in [1.29, 1.82) is 0 Å². The second-order valence-electron chi connectivity index (χ2n) is 2.95. The molecule has 0 aliphatic rings. The van der Waals surface area contributed by atoms with E-state index in [9.17, 15) is 9.90 Å². The van der Waals surface area contributed by atoms with E-state index < -0.39 is 18.0 Å². The zero-order valence-electron chi connectivity index (χ0n) is 7.63. The molecule has 0 amide bonds. The van der Waals surface area contributed by atoms with Gasteiger partial charge in [-0.1, -0.05) is 36.4 Å². The number of hydrogen-bond donors (Lipinski definition) is 2. The van der Waals surface area contributed by atoms with E-state index in [0.29, 0.717) is 5.56 Å². The van der Waals surface area contributed by atoms with Crippen molar-refractivity contribution in [1.82, 2.24) is 0 Å². The molecule has 0 radical (unpaired) electrons. The lowest BCUT2D eigenvalue weighted by atomic mass is 9.94. The molecule has 2 N–H and O–H groups in total. The lowest BCUT2D eigenvalue weighted by Crippen LogP contribution is -2.24. The average molecular weight is 192 g/mol. The van der Waals surface area contributed by atoms with Gasteiger partial charge in [-0.05, 0) is 5.56 Å². The van der Waals surface area contributed by atoms with Gasteiger partial charge in [-0.15, -0.1) is 6.58 Å². The molecule has 0 aromatic heterocycles. The first-order chi connectivity index (χ1) is 6.66. The van der Waals surface area contributed by atoms with Crippen LogP contribution >= 0.6 is 0 Å². The molecule has 1 rings (SSSR count). The zero-order chi connectivity index (χ0) is 10.6. The number of carbonyl (C=O) groups is 1. The molecule has 1 aromatic rings. The quantitative estimate of drug-likeness (QED) is 0.709. The second kappa shape index (κ2) is 4.58. The number of aliphatic hydroxyl groups excluding tert-OH is 1. The fourth-order valence-corrected chi connectivity index (χ4v) is 1.28. The van der Waals surface area contributed by atoms with Crippen LogP contribution in [0.1, 0.15) is 11.5 Å². The molecule has 0 heterocycles. The number of aliphatic carboxylic acids is 1. The molecule has 0 saturated carbocycles. The molecule has 2 atom stereocenters. The molecule has 0 spiro atoms. The Labute approximate surface area is 82.3 Å². The van der Waals surface area contributed by atoms with E-state index in [2.05, 4.69) is 6.58 Å². The zero-order valence-corrected chi connectivity index (χ0v) is 7.63. The van der Waals surface area contributed by atoms with Crippen molar-refractivity contribution in [2.45, 2.75) is 12.0 Å². The third kappa shape index (κ3) is 2.20. The molecule has 3 heteroatoms. The van der Waals surface area contributed by atoms with Crippen LogP contribution < -0.4 is 0 Å². The summed E-state index contributed by atoms with van der Waals surface area (Å²) in [6, 6.07) is 8.61. The minimum atomic E-state index is -1.06. The summed E-state index contributed by atoms with van der Waals surface area (Å²) in [5.41, 5.74) is 0.576. The number of aliphatic hydroxyl groups is 1. The van der Waals surface area contributed by atoms with Gasteiger partial charge in [-0.3, -0.25) is 4.79 Å². The Balaban J connectivity index is 3.00. The van der Waals surface area contributed by atoms with Gasteiger partial charge in [0, 0.05) is 0 Å². The van der Waals surface area contributed by atoms with E-state index in [1.165, 1.54) is 6.08 Å². The first kappa shape index (κ1) is 10.5. The van der Waals surface area contributed by atoms with E-state index in [1.54, 1.807) is 30.3 Å². The molecule has 14 heavy (non-hydrogen) atoms. The molecule has 0 aliphatic carbocycles. The fourth-order valence-electron chi connectivity index (χ4n) is 1.28. The first-order valence-corrected chi connectivity index (χ1v) is 4.25. The van der Waals surface area contributed by atoms with Gasteiger partial charge >= 0.3 is 5.97 Å². The largest absolute Gasteiger partial charge is 0.481 e. The number of hydrogen-bond acceptors (Lipinski definition) is 2. The van der Waals surface area contributed by atoms with Crippen molar-refractivity contribution in [3.05, 3.63) is 48.6 Å². The molecule has 74 valence electrons. The molecule has 0 saturated heterocycles. The van der Waals surface area contributed by atoms with Crippen molar-refractivity contribution < 1.29 is 15.0 Å². The Morgan fingerprint density at radius 3 is 2.36 bits per heavy atom. The maximum atomic E-state index is 10.9. The van der Waals surface area contributed by atoms with Crippen LogP contribution in [0, 0.1) is 0 Å². The minimum absolute atomic E-state index is 0.576. The number of rotatable bonds is 4. The van der Waals surface area contributed by atoms with Gasteiger partial charge in [-0.2, -0.15) is 0 Å². The van der Waals surface area contributed by atoms with Crippen LogP contribution in [0.15, 0.2) is 43.0 Å². The summed E-state index contributed by atoms with van der Waals surface area (Å²) < 4.78 is 0. The minimum Gasteiger partial charge on any atom is -0.481 e. The van der Waals surface area contributed by atoms with Crippen LogP contribution in [0.2, 0.25) is 0 Å². The molecule has 3 nitrogen and oxygen atoms in total. The Morgan fingerprint density at radius 1 is 1.36 bits per heavy atom. The second-order valence-corrected chi connectivity index (χ2v) is 2.95. The Kier molecular flexibility index (Phi) is 3.42. The van der Waals surface area contributed by atoms with Gasteiger partial charge in [0.25, 0.3) is 0 Å². The van der Waals surface area contributed by atoms with Gasteiger partial charge in [0.15, 0.2) is 0 Å². The van der Waals surface area contributed by atoms with E-state index in [4.69, 9.17) is 5.11 Å². The predicted molar refractivity (Wildman–Crippen MR) is 53.0 cm³/mol. The highest BCUT2D eigenvalue weighted by molar-refractivity contribution is 5.77. The Bertz CT molecular complexity index is 319. The summed E-state index contributed by atoms with van der Waals surface area (Å²) in [4.78, 5) is 10.9. The third-order valence-corrected chi connectivity index (χ3v) is 2.01. The summed E-state index contributed by atoms with van der Waals surface area (Å²) in [5, 5.41) is 18.4. The highest BCUT2D eigenvalue weighted by Crippen LogP contribution is 2.20. The molecular formula is C11H12O3. The van der Waals surface area contributed by atoms with E-state index in [-0.39, 0.29) is 0 Å². The van der Waals surface area contributed by atoms with Gasteiger partial charge in [-0.25, -0.2) is 0 Å². The molecule has 0 bridgehead atoms. The van der Waals surface area contributed by atoms with E-state index in [1.807, 2.05) is 0 Å². The monoisotopic (exact) mass is 192 g/mol. The Hall–Kier alpha value is -1.61.